The molecular weight excluding hydrogens is 299 g/mol. The van der Waals surface area contributed by atoms with Crippen molar-refractivity contribution in [1.29, 1.82) is 0 Å². The lowest BCUT2D eigenvalue weighted by atomic mass is 10.2. The molecule has 0 spiro atoms. The molecule has 0 aliphatic heterocycles. The van der Waals surface area contributed by atoms with Gasteiger partial charge in [0.25, 0.3) is 0 Å². The smallest absolute Gasteiger partial charge is 0.433 e. The van der Waals surface area contributed by atoms with E-state index in [4.69, 9.17) is 4.74 Å². The Morgan fingerprint density at radius 2 is 2.05 bits per heavy atom. The lowest BCUT2D eigenvalue weighted by molar-refractivity contribution is -0.141. The van der Waals surface area contributed by atoms with Crippen molar-refractivity contribution in [3.05, 3.63) is 47.9 Å². The van der Waals surface area contributed by atoms with Crippen molar-refractivity contribution in [3.63, 3.8) is 0 Å². The average Bonchev–Trinajstić information content (AvgIpc) is 2.47. The summed E-state index contributed by atoms with van der Waals surface area (Å²) in [6.07, 6.45) is -2.11. The maximum absolute atomic E-state index is 12.6. The molecule has 0 radical (unpaired) electrons. The van der Waals surface area contributed by atoms with Gasteiger partial charge in [-0.25, -0.2) is 9.78 Å². The summed E-state index contributed by atoms with van der Waals surface area (Å²) in [5.74, 6) is -0.497. The molecule has 2 heterocycles. The number of hydrogen-bond donors (Lipinski definition) is 1. The van der Waals surface area contributed by atoms with Gasteiger partial charge >= 0.3 is 12.1 Å². The van der Waals surface area contributed by atoms with Gasteiger partial charge in [-0.15, -0.1) is 0 Å². The van der Waals surface area contributed by atoms with Crippen LogP contribution in [0.2, 0.25) is 0 Å². The first-order valence-corrected chi connectivity index (χ1v) is 6.34. The SMILES string of the molecule is CCOC(=O)c1cccnc1Nc1ccnc(C(F)(F)F)c1. The number of nitrogens with zero attached hydrogens (tertiary/aromatic N) is 2. The molecule has 0 fully saturated rings. The number of halogens is 3. The van der Waals surface area contributed by atoms with E-state index in [1.165, 1.54) is 24.4 Å². The molecule has 0 unspecified atom stereocenters. The number of alkyl halides is 3. The Bertz CT molecular complexity index is 674. The van der Waals surface area contributed by atoms with Crippen molar-refractivity contribution >= 4 is 17.5 Å². The summed E-state index contributed by atoms with van der Waals surface area (Å²) in [5, 5.41) is 2.67. The molecule has 0 aliphatic rings. The maximum Gasteiger partial charge on any atom is 0.433 e. The molecule has 0 atom stereocenters. The van der Waals surface area contributed by atoms with Gasteiger partial charge in [-0.1, -0.05) is 0 Å². The molecule has 0 saturated heterocycles. The lowest BCUT2D eigenvalue weighted by Crippen LogP contribution is -2.10. The van der Waals surface area contributed by atoms with Gasteiger partial charge in [0, 0.05) is 18.1 Å². The predicted octanol–water partition coefficient (Wildman–Crippen LogP) is 3.42. The zero-order chi connectivity index (χ0) is 16.2. The molecule has 2 aromatic heterocycles. The standard InChI is InChI=1S/C14H12F3N3O2/c1-2-22-13(21)10-4-3-6-19-12(10)20-9-5-7-18-11(8-9)14(15,16)17/h3-8H,2H2,1H3,(H,18,19,20). The second-order valence-corrected chi connectivity index (χ2v) is 4.17. The van der Waals surface area contributed by atoms with E-state index in [2.05, 4.69) is 15.3 Å². The van der Waals surface area contributed by atoms with Crippen LogP contribution < -0.4 is 5.32 Å². The van der Waals surface area contributed by atoms with Crippen LogP contribution in [0.5, 0.6) is 0 Å². The number of nitrogens with one attached hydrogen (secondary N) is 1. The van der Waals surface area contributed by atoms with Crippen molar-refractivity contribution < 1.29 is 22.7 Å². The van der Waals surface area contributed by atoms with E-state index in [9.17, 15) is 18.0 Å². The number of hydrogen-bond acceptors (Lipinski definition) is 5. The number of esters is 1. The quantitative estimate of drug-likeness (QED) is 0.877. The summed E-state index contributed by atoms with van der Waals surface area (Å²) >= 11 is 0. The summed E-state index contributed by atoms with van der Waals surface area (Å²) in [5.41, 5.74) is -0.785. The third kappa shape index (κ3) is 3.72. The number of anilines is 2. The number of carbonyl (C=O) groups is 1. The van der Waals surface area contributed by atoms with Crippen molar-refractivity contribution in [3.8, 4) is 0 Å². The molecule has 5 nitrogen and oxygen atoms in total. The fourth-order valence-electron chi connectivity index (χ4n) is 1.68. The zero-order valence-corrected chi connectivity index (χ0v) is 11.5. The van der Waals surface area contributed by atoms with Crippen LogP contribution >= 0.6 is 0 Å². The molecule has 1 N–H and O–H groups in total. The van der Waals surface area contributed by atoms with Crippen molar-refractivity contribution in [2.45, 2.75) is 13.1 Å². The van der Waals surface area contributed by atoms with Gasteiger partial charge in [0.2, 0.25) is 0 Å². The first-order chi connectivity index (χ1) is 10.4. The molecule has 22 heavy (non-hydrogen) atoms. The van der Waals surface area contributed by atoms with Gasteiger partial charge in [-0.3, -0.25) is 4.98 Å². The summed E-state index contributed by atoms with van der Waals surface area (Å²) in [6.45, 7) is 1.83. The number of aromatic nitrogens is 2. The molecule has 0 aromatic carbocycles. The minimum atomic E-state index is -4.55. The van der Waals surface area contributed by atoms with E-state index >= 15 is 0 Å². The lowest BCUT2D eigenvalue weighted by Gasteiger charge is -2.11. The second kappa shape index (κ2) is 6.42. The van der Waals surface area contributed by atoms with Crippen LogP contribution in [-0.2, 0) is 10.9 Å². The molecular formula is C14H12F3N3O2. The number of carbonyl (C=O) groups excluding carboxylic acids is 1. The molecule has 0 aliphatic carbocycles. The third-order valence-corrected chi connectivity index (χ3v) is 2.62. The average molecular weight is 311 g/mol. The van der Waals surface area contributed by atoms with Gasteiger partial charge in [0.05, 0.1) is 6.61 Å². The molecule has 2 aromatic rings. The minimum Gasteiger partial charge on any atom is -0.462 e. The molecule has 116 valence electrons. The van der Waals surface area contributed by atoms with Crippen LogP contribution in [0.4, 0.5) is 24.7 Å². The third-order valence-electron chi connectivity index (χ3n) is 2.62. The molecule has 0 amide bonds. The van der Waals surface area contributed by atoms with Crippen molar-refractivity contribution in [2.75, 3.05) is 11.9 Å². The Hall–Kier alpha value is -2.64. The van der Waals surface area contributed by atoms with Crippen LogP contribution in [0.3, 0.4) is 0 Å². The Morgan fingerprint density at radius 3 is 2.73 bits per heavy atom. The largest absolute Gasteiger partial charge is 0.462 e. The van der Waals surface area contributed by atoms with E-state index in [0.29, 0.717) is 0 Å². The molecule has 0 bridgehead atoms. The van der Waals surface area contributed by atoms with Crippen molar-refractivity contribution in [2.24, 2.45) is 0 Å². The Morgan fingerprint density at radius 1 is 1.27 bits per heavy atom. The van der Waals surface area contributed by atoms with E-state index in [-0.39, 0.29) is 23.7 Å². The summed E-state index contributed by atoms with van der Waals surface area (Å²) < 4.78 is 42.8. The molecule has 8 heteroatoms. The van der Waals surface area contributed by atoms with Crippen LogP contribution in [0.25, 0.3) is 0 Å². The summed E-state index contributed by atoms with van der Waals surface area (Å²) in [7, 11) is 0. The first-order valence-electron chi connectivity index (χ1n) is 6.34. The van der Waals surface area contributed by atoms with Gasteiger partial charge < -0.3 is 10.1 Å². The van der Waals surface area contributed by atoms with Crippen LogP contribution in [0, 0.1) is 0 Å². The fraction of sp³-hybridized carbons (Fsp3) is 0.214. The maximum atomic E-state index is 12.6. The number of pyridine rings is 2. The van der Waals surface area contributed by atoms with Crippen molar-refractivity contribution in [1.82, 2.24) is 9.97 Å². The Kier molecular flexibility index (Phi) is 4.59. The molecule has 0 saturated carbocycles. The van der Waals surface area contributed by atoms with Gasteiger partial charge in [-0.05, 0) is 31.2 Å². The highest BCUT2D eigenvalue weighted by molar-refractivity contribution is 5.95. The monoisotopic (exact) mass is 311 g/mol. The predicted molar refractivity (Wildman–Crippen MR) is 72.7 cm³/mol. The van der Waals surface area contributed by atoms with E-state index in [1.807, 2.05) is 0 Å². The number of rotatable bonds is 4. The number of ether oxygens (including phenoxy) is 1. The van der Waals surface area contributed by atoms with Gasteiger partial charge in [0.15, 0.2) is 0 Å². The summed E-state index contributed by atoms with van der Waals surface area (Å²) in [4.78, 5) is 19.0. The highest BCUT2D eigenvalue weighted by Crippen LogP contribution is 2.29. The second-order valence-electron chi connectivity index (χ2n) is 4.17. The van der Waals surface area contributed by atoms with E-state index in [0.717, 1.165) is 12.3 Å². The van der Waals surface area contributed by atoms with Crippen LogP contribution in [0.1, 0.15) is 23.0 Å². The first kappa shape index (κ1) is 15.7. The van der Waals surface area contributed by atoms with E-state index < -0.39 is 17.8 Å². The highest BCUT2D eigenvalue weighted by atomic mass is 19.4. The zero-order valence-electron chi connectivity index (χ0n) is 11.5. The van der Waals surface area contributed by atoms with E-state index in [1.54, 1.807) is 6.92 Å². The minimum absolute atomic E-state index is 0.111. The highest BCUT2D eigenvalue weighted by Gasteiger charge is 2.32. The summed E-state index contributed by atoms with van der Waals surface area (Å²) in [6, 6.07) is 5.19. The van der Waals surface area contributed by atoms with Crippen LogP contribution in [-0.4, -0.2) is 22.5 Å². The normalized spacial score (nSPS) is 11.1. The fourth-order valence-corrected chi connectivity index (χ4v) is 1.68. The topological polar surface area (TPSA) is 64.1 Å². The van der Waals surface area contributed by atoms with Gasteiger partial charge in [-0.2, -0.15) is 13.2 Å². The Labute approximate surface area is 124 Å². The van der Waals surface area contributed by atoms with Crippen LogP contribution in [0.15, 0.2) is 36.7 Å². The molecule has 2 rings (SSSR count). The Balaban J connectivity index is 2.30. The van der Waals surface area contributed by atoms with Gasteiger partial charge in [0.1, 0.15) is 17.1 Å².